The molecule has 0 saturated carbocycles. The largest absolute Gasteiger partial charge is 0.285 e. The van der Waals surface area contributed by atoms with Crippen LogP contribution in [0.2, 0.25) is 0 Å². The second-order valence-corrected chi connectivity index (χ2v) is 5.14. The fraction of sp³-hybridized carbons (Fsp3) is 0.500. The SMILES string of the molecule is CS(=O)(=O)ON1C(=O)C2C=CC(C2)C1=O. The van der Waals surface area contributed by atoms with Gasteiger partial charge < -0.3 is 0 Å². The minimum Gasteiger partial charge on any atom is -0.271 e. The average Bonchev–Trinajstić information content (AvgIpc) is 2.54. The van der Waals surface area contributed by atoms with Crippen molar-refractivity contribution in [3.05, 3.63) is 12.2 Å². The zero-order chi connectivity index (χ0) is 11.2. The van der Waals surface area contributed by atoms with Crippen molar-refractivity contribution in [2.24, 2.45) is 11.8 Å². The van der Waals surface area contributed by atoms with Crippen LogP contribution in [0.1, 0.15) is 6.42 Å². The Morgan fingerprint density at radius 1 is 1.27 bits per heavy atom. The van der Waals surface area contributed by atoms with Gasteiger partial charge in [0.05, 0.1) is 18.1 Å². The van der Waals surface area contributed by atoms with Gasteiger partial charge in [-0.25, -0.2) is 0 Å². The van der Waals surface area contributed by atoms with E-state index in [-0.39, 0.29) is 0 Å². The number of imide groups is 1. The van der Waals surface area contributed by atoms with Crippen LogP contribution >= 0.6 is 0 Å². The first-order chi connectivity index (χ1) is 6.88. The lowest BCUT2D eigenvalue weighted by Gasteiger charge is -2.26. The second-order valence-electron chi connectivity index (χ2n) is 3.58. The van der Waals surface area contributed by atoms with E-state index in [1.165, 1.54) is 0 Å². The molecule has 7 heteroatoms. The molecule has 1 saturated heterocycles. The number of hydrogen-bond acceptors (Lipinski definition) is 5. The summed E-state index contributed by atoms with van der Waals surface area (Å²) in [5.41, 5.74) is 0. The molecule has 1 fully saturated rings. The third-order valence-corrected chi connectivity index (χ3v) is 2.75. The van der Waals surface area contributed by atoms with Crippen molar-refractivity contribution < 1.29 is 22.3 Å². The van der Waals surface area contributed by atoms with Crippen molar-refractivity contribution in [2.45, 2.75) is 6.42 Å². The van der Waals surface area contributed by atoms with E-state index in [1.807, 2.05) is 0 Å². The summed E-state index contributed by atoms with van der Waals surface area (Å²) in [5, 5.41) is 0.355. The number of nitrogens with zero attached hydrogens (tertiary/aromatic N) is 1. The number of hydrogen-bond donors (Lipinski definition) is 0. The van der Waals surface area contributed by atoms with E-state index in [1.54, 1.807) is 12.2 Å². The van der Waals surface area contributed by atoms with Crippen LogP contribution in [0, 0.1) is 11.8 Å². The molecule has 0 radical (unpaired) electrons. The Labute approximate surface area is 86.6 Å². The van der Waals surface area contributed by atoms with Crippen LogP contribution in [-0.4, -0.2) is 31.6 Å². The zero-order valence-corrected chi connectivity index (χ0v) is 8.73. The molecule has 0 spiro atoms. The molecular weight excluding hydrogens is 222 g/mol. The van der Waals surface area contributed by atoms with Gasteiger partial charge in [0.15, 0.2) is 0 Å². The Morgan fingerprint density at radius 2 is 1.73 bits per heavy atom. The Balaban J connectivity index is 2.27. The number of carbonyl (C=O) groups excluding carboxylic acids is 2. The summed E-state index contributed by atoms with van der Waals surface area (Å²) in [5.74, 6) is -2.10. The van der Waals surface area contributed by atoms with Gasteiger partial charge in [-0.3, -0.25) is 9.59 Å². The van der Waals surface area contributed by atoms with Gasteiger partial charge in [0.2, 0.25) is 0 Å². The summed E-state index contributed by atoms with van der Waals surface area (Å²) in [4.78, 5) is 23.1. The van der Waals surface area contributed by atoms with Gasteiger partial charge in [-0.15, -0.1) is 9.35 Å². The molecule has 2 rings (SSSR count). The van der Waals surface area contributed by atoms with Gasteiger partial charge in [-0.1, -0.05) is 12.2 Å². The Kier molecular flexibility index (Phi) is 2.16. The third-order valence-electron chi connectivity index (χ3n) is 2.33. The molecule has 1 aliphatic heterocycles. The van der Waals surface area contributed by atoms with E-state index in [9.17, 15) is 18.0 Å². The second kappa shape index (κ2) is 3.14. The third kappa shape index (κ3) is 1.80. The van der Waals surface area contributed by atoms with Crippen LogP contribution in [0.3, 0.4) is 0 Å². The van der Waals surface area contributed by atoms with Crippen LogP contribution in [0.25, 0.3) is 0 Å². The normalized spacial score (nSPS) is 30.1. The molecule has 2 aliphatic rings. The molecule has 2 atom stereocenters. The number of piperidine rings is 1. The number of hydroxylamine groups is 2. The van der Waals surface area contributed by atoms with E-state index in [0.29, 0.717) is 11.5 Å². The quantitative estimate of drug-likeness (QED) is 0.470. The van der Waals surface area contributed by atoms with E-state index < -0.39 is 33.8 Å². The maximum atomic E-state index is 11.5. The average molecular weight is 231 g/mol. The molecule has 2 unspecified atom stereocenters. The maximum Gasteiger partial charge on any atom is 0.285 e. The number of rotatable bonds is 2. The number of carbonyl (C=O) groups is 2. The Morgan fingerprint density at radius 3 is 2.13 bits per heavy atom. The highest BCUT2D eigenvalue weighted by Gasteiger charge is 2.44. The smallest absolute Gasteiger partial charge is 0.271 e. The molecule has 82 valence electrons. The Bertz CT molecular complexity index is 428. The summed E-state index contributed by atoms with van der Waals surface area (Å²) in [6.45, 7) is 0. The van der Waals surface area contributed by atoms with E-state index in [0.717, 1.165) is 6.26 Å². The first kappa shape index (κ1) is 10.3. The Hall–Kier alpha value is -1.21. The predicted molar refractivity (Wildman–Crippen MR) is 48.5 cm³/mol. The molecular formula is C8H9NO5S. The van der Waals surface area contributed by atoms with Crippen molar-refractivity contribution in [3.63, 3.8) is 0 Å². The molecule has 0 aromatic heterocycles. The van der Waals surface area contributed by atoms with Crippen LogP contribution < -0.4 is 0 Å². The minimum atomic E-state index is -3.85. The van der Waals surface area contributed by atoms with Gasteiger partial charge in [-0.2, -0.15) is 8.42 Å². The van der Waals surface area contributed by atoms with Crippen molar-refractivity contribution in [1.29, 1.82) is 0 Å². The lowest BCUT2D eigenvalue weighted by Crippen LogP contribution is -2.47. The van der Waals surface area contributed by atoms with E-state index in [2.05, 4.69) is 4.28 Å². The summed E-state index contributed by atoms with van der Waals surface area (Å²) >= 11 is 0. The summed E-state index contributed by atoms with van der Waals surface area (Å²) in [7, 11) is -3.85. The van der Waals surface area contributed by atoms with Crippen molar-refractivity contribution in [3.8, 4) is 0 Å². The molecule has 6 nitrogen and oxygen atoms in total. The molecule has 2 bridgehead atoms. The standard InChI is InChI=1S/C8H9NO5S/c1-15(12,13)14-9-7(10)5-2-3-6(4-5)8(9)11/h2-3,5-6H,4H2,1H3. The van der Waals surface area contributed by atoms with Gasteiger partial charge >= 0.3 is 0 Å². The predicted octanol–water partition coefficient (Wildman–Crippen LogP) is -0.561. The first-order valence-corrected chi connectivity index (χ1v) is 6.16. The number of amides is 2. The van der Waals surface area contributed by atoms with Crippen LogP contribution in [0.4, 0.5) is 0 Å². The van der Waals surface area contributed by atoms with Crippen molar-refractivity contribution >= 4 is 21.9 Å². The maximum absolute atomic E-state index is 11.5. The van der Waals surface area contributed by atoms with Crippen LogP contribution in [-0.2, 0) is 24.0 Å². The first-order valence-electron chi connectivity index (χ1n) is 4.34. The summed E-state index contributed by atoms with van der Waals surface area (Å²) in [6, 6.07) is 0. The fourth-order valence-electron chi connectivity index (χ4n) is 1.68. The van der Waals surface area contributed by atoms with Crippen LogP contribution in [0.5, 0.6) is 0 Å². The monoisotopic (exact) mass is 231 g/mol. The molecule has 0 aromatic rings. The fourth-order valence-corrected chi connectivity index (χ4v) is 2.10. The molecule has 2 amide bonds. The zero-order valence-electron chi connectivity index (χ0n) is 7.91. The van der Waals surface area contributed by atoms with E-state index in [4.69, 9.17) is 0 Å². The van der Waals surface area contributed by atoms with Gasteiger partial charge in [-0.05, 0) is 6.42 Å². The highest BCUT2D eigenvalue weighted by molar-refractivity contribution is 7.85. The topological polar surface area (TPSA) is 80.8 Å². The summed E-state index contributed by atoms with van der Waals surface area (Å²) < 4.78 is 26.0. The molecule has 1 heterocycles. The van der Waals surface area contributed by atoms with Gasteiger partial charge in [0, 0.05) is 0 Å². The van der Waals surface area contributed by atoms with Crippen molar-refractivity contribution in [2.75, 3.05) is 6.26 Å². The summed E-state index contributed by atoms with van der Waals surface area (Å²) in [6.07, 6.45) is 4.42. The van der Waals surface area contributed by atoms with E-state index >= 15 is 0 Å². The minimum absolute atomic E-state index is 0.355. The molecule has 15 heavy (non-hydrogen) atoms. The highest BCUT2D eigenvalue weighted by atomic mass is 32.2. The molecule has 1 aliphatic carbocycles. The van der Waals surface area contributed by atoms with Crippen LogP contribution in [0.15, 0.2) is 12.2 Å². The molecule has 0 aromatic carbocycles. The highest BCUT2D eigenvalue weighted by Crippen LogP contribution is 2.32. The lowest BCUT2D eigenvalue weighted by atomic mass is 9.97. The lowest BCUT2D eigenvalue weighted by molar-refractivity contribution is -0.179. The molecule has 0 N–H and O–H groups in total. The van der Waals surface area contributed by atoms with Gasteiger partial charge in [0.25, 0.3) is 21.9 Å². The number of fused-ring (bicyclic) bond motifs is 2. The van der Waals surface area contributed by atoms with Gasteiger partial charge in [0.1, 0.15) is 0 Å². The van der Waals surface area contributed by atoms with Crippen molar-refractivity contribution in [1.82, 2.24) is 5.06 Å².